The van der Waals surface area contributed by atoms with Crippen molar-refractivity contribution in [3.63, 3.8) is 0 Å². The van der Waals surface area contributed by atoms with Crippen LogP contribution < -0.4 is 0 Å². The van der Waals surface area contributed by atoms with E-state index in [9.17, 15) is 0 Å². The lowest BCUT2D eigenvalue weighted by Gasteiger charge is -2.14. The van der Waals surface area contributed by atoms with Gasteiger partial charge < -0.3 is 0 Å². The largest absolute Gasteiger partial charge is 0.0622 e. The van der Waals surface area contributed by atoms with Gasteiger partial charge in [-0.3, -0.25) is 0 Å². The molecule has 0 nitrogen and oxygen atoms in total. The quantitative estimate of drug-likeness (QED) is 0.512. The van der Waals surface area contributed by atoms with Gasteiger partial charge in [0.15, 0.2) is 0 Å². The van der Waals surface area contributed by atoms with E-state index in [4.69, 9.17) is 0 Å². The van der Waals surface area contributed by atoms with Crippen molar-refractivity contribution < 1.29 is 0 Å². The third-order valence-electron chi connectivity index (χ3n) is 4.94. The Kier molecular flexibility index (Phi) is 4.11. The molecule has 3 aromatic carbocycles. The average Bonchev–Trinajstić information content (AvgIpc) is 2.94. The molecule has 0 saturated heterocycles. The maximum Gasteiger partial charge on any atom is 0.0556 e. The summed E-state index contributed by atoms with van der Waals surface area (Å²) in [4.78, 5) is 0. The molecule has 4 rings (SSSR count). The Morgan fingerprint density at radius 3 is 1.08 bits per heavy atom. The van der Waals surface area contributed by atoms with Gasteiger partial charge in [-0.1, -0.05) is 91.0 Å². The molecular formula is C25H21. The van der Waals surface area contributed by atoms with E-state index in [2.05, 4.69) is 105 Å². The highest BCUT2D eigenvalue weighted by Crippen LogP contribution is 2.50. The van der Waals surface area contributed by atoms with E-state index < -0.39 is 0 Å². The minimum Gasteiger partial charge on any atom is -0.0622 e. The van der Waals surface area contributed by atoms with Crippen molar-refractivity contribution >= 4 is 11.1 Å². The van der Waals surface area contributed by atoms with Crippen molar-refractivity contribution in [3.8, 4) is 0 Å². The predicted octanol–water partition coefficient (Wildman–Crippen LogP) is 6.57. The average molecular weight is 321 g/mol. The van der Waals surface area contributed by atoms with Gasteiger partial charge in [0, 0.05) is 0 Å². The first-order valence-corrected chi connectivity index (χ1v) is 8.73. The van der Waals surface area contributed by atoms with E-state index in [1.54, 1.807) is 0 Å². The topological polar surface area (TPSA) is 0 Å². The highest BCUT2D eigenvalue weighted by Gasteiger charge is 2.31. The summed E-state index contributed by atoms with van der Waals surface area (Å²) in [6.45, 7) is 4.51. The molecule has 3 aromatic rings. The first kappa shape index (κ1) is 15.7. The van der Waals surface area contributed by atoms with Gasteiger partial charge in [0.2, 0.25) is 0 Å². The number of allylic oxidation sites excluding steroid dienone is 4. The van der Waals surface area contributed by atoms with Crippen LogP contribution in [0.2, 0.25) is 0 Å². The highest BCUT2D eigenvalue weighted by molar-refractivity contribution is 6.13. The van der Waals surface area contributed by atoms with E-state index >= 15 is 0 Å². The Hall–Kier alpha value is -2.86. The lowest BCUT2D eigenvalue weighted by molar-refractivity contribution is 1.19. The number of rotatable bonds is 3. The van der Waals surface area contributed by atoms with E-state index in [-0.39, 0.29) is 0 Å². The second-order valence-electron chi connectivity index (χ2n) is 6.47. The lowest BCUT2D eigenvalue weighted by Crippen LogP contribution is -2.00. The number of hydrogen-bond donors (Lipinski definition) is 0. The van der Waals surface area contributed by atoms with Crippen LogP contribution in [0.4, 0.5) is 0 Å². The van der Waals surface area contributed by atoms with Gasteiger partial charge in [-0.15, -0.1) is 0 Å². The van der Waals surface area contributed by atoms with E-state index in [1.165, 1.54) is 44.9 Å². The third kappa shape index (κ3) is 2.74. The van der Waals surface area contributed by atoms with Crippen LogP contribution in [0.3, 0.4) is 0 Å². The SMILES string of the molecule is CC1=C(c2ccccc2)C(c2ccccc2)=C(C)[C]1c1ccccc1. The van der Waals surface area contributed by atoms with Crippen molar-refractivity contribution in [2.24, 2.45) is 0 Å². The summed E-state index contributed by atoms with van der Waals surface area (Å²) in [7, 11) is 0. The van der Waals surface area contributed by atoms with Gasteiger partial charge in [-0.25, -0.2) is 0 Å². The molecule has 1 radical (unpaired) electrons. The van der Waals surface area contributed by atoms with Gasteiger partial charge in [-0.05, 0) is 52.8 Å². The van der Waals surface area contributed by atoms with Crippen molar-refractivity contribution in [2.75, 3.05) is 0 Å². The van der Waals surface area contributed by atoms with Crippen molar-refractivity contribution in [3.05, 3.63) is 125 Å². The first-order valence-electron chi connectivity index (χ1n) is 8.73. The molecule has 0 N–H and O–H groups in total. The zero-order valence-electron chi connectivity index (χ0n) is 14.7. The lowest BCUT2D eigenvalue weighted by atomic mass is 9.88. The smallest absolute Gasteiger partial charge is 0.0556 e. The van der Waals surface area contributed by atoms with E-state index in [0.29, 0.717) is 0 Å². The summed E-state index contributed by atoms with van der Waals surface area (Å²) in [6.07, 6.45) is 0. The molecular weight excluding hydrogens is 300 g/mol. The first-order chi connectivity index (χ1) is 12.3. The fraction of sp³-hybridized carbons (Fsp3) is 0.0800. The monoisotopic (exact) mass is 321 g/mol. The van der Waals surface area contributed by atoms with E-state index in [0.717, 1.165) is 0 Å². The zero-order chi connectivity index (χ0) is 17.2. The molecule has 0 bridgehead atoms. The molecule has 0 unspecified atom stereocenters. The maximum atomic E-state index is 2.25. The minimum atomic E-state index is 1.28. The molecule has 25 heavy (non-hydrogen) atoms. The molecule has 0 atom stereocenters. The molecule has 0 aromatic heterocycles. The Morgan fingerprint density at radius 1 is 0.400 bits per heavy atom. The number of hydrogen-bond acceptors (Lipinski definition) is 0. The summed E-state index contributed by atoms with van der Waals surface area (Å²) in [6, 6.07) is 32.2. The summed E-state index contributed by atoms with van der Waals surface area (Å²) < 4.78 is 0. The molecule has 1 aliphatic carbocycles. The predicted molar refractivity (Wildman–Crippen MR) is 107 cm³/mol. The maximum absolute atomic E-state index is 2.25. The molecule has 1 aliphatic rings. The molecule has 0 fully saturated rings. The minimum absolute atomic E-state index is 1.28. The van der Waals surface area contributed by atoms with Crippen LogP contribution in [-0.4, -0.2) is 0 Å². The van der Waals surface area contributed by atoms with Crippen LogP contribution in [0.15, 0.2) is 102 Å². The van der Waals surface area contributed by atoms with Crippen LogP contribution in [-0.2, 0) is 0 Å². The molecule has 0 heteroatoms. The number of benzene rings is 3. The molecule has 0 heterocycles. The second-order valence-corrected chi connectivity index (χ2v) is 6.47. The summed E-state index contributed by atoms with van der Waals surface area (Å²) in [5.41, 5.74) is 9.26. The van der Waals surface area contributed by atoms with Gasteiger partial charge >= 0.3 is 0 Å². The molecule has 0 saturated carbocycles. The Balaban J connectivity index is 1.96. The normalized spacial score (nSPS) is 15.1. The van der Waals surface area contributed by atoms with Crippen LogP contribution in [0.25, 0.3) is 11.1 Å². The van der Waals surface area contributed by atoms with Crippen LogP contribution in [0.1, 0.15) is 30.5 Å². The zero-order valence-corrected chi connectivity index (χ0v) is 14.7. The Labute approximate surface area is 150 Å². The fourth-order valence-electron chi connectivity index (χ4n) is 3.88. The Morgan fingerprint density at radius 2 is 0.720 bits per heavy atom. The fourth-order valence-corrected chi connectivity index (χ4v) is 3.88. The summed E-state index contributed by atoms with van der Waals surface area (Å²) in [5, 5.41) is 0. The van der Waals surface area contributed by atoms with Crippen LogP contribution in [0, 0.1) is 5.92 Å². The van der Waals surface area contributed by atoms with Gasteiger partial charge in [-0.2, -0.15) is 0 Å². The summed E-state index contributed by atoms with van der Waals surface area (Å²) in [5.74, 6) is 1.36. The third-order valence-corrected chi connectivity index (χ3v) is 4.94. The Bertz CT molecular complexity index is 868. The van der Waals surface area contributed by atoms with Gasteiger partial charge in [0.25, 0.3) is 0 Å². The van der Waals surface area contributed by atoms with E-state index in [1.807, 2.05) is 0 Å². The van der Waals surface area contributed by atoms with Crippen LogP contribution >= 0.6 is 0 Å². The van der Waals surface area contributed by atoms with Gasteiger partial charge in [0.05, 0.1) is 5.92 Å². The highest BCUT2D eigenvalue weighted by atomic mass is 14.3. The molecule has 0 spiro atoms. The van der Waals surface area contributed by atoms with Gasteiger partial charge in [0.1, 0.15) is 0 Å². The molecule has 0 amide bonds. The second kappa shape index (κ2) is 6.57. The van der Waals surface area contributed by atoms with Crippen molar-refractivity contribution in [1.29, 1.82) is 0 Å². The molecule has 121 valence electrons. The van der Waals surface area contributed by atoms with Crippen molar-refractivity contribution in [2.45, 2.75) is 13.8 Å². The summed E-state index contributed by atoms with van der Waals surface area (Å²) >= 11 is 0. The molecule has 0 aliphatic heterocycles. The van der Waals surface area contributed by atoms with Crippen molar-refractivity contribution in [1.82, 2.24) is 0 Å². The van der Waals surface area contributed by atoms with Crippen LogP contribution in [0.5, 0.6) is 0 Å². The standard InChI is InChI=1S/C25H21/c1-18-23(20-12-6-3-7-13-20)19(2)25(22-16-10-5-11-17-22)24(18)21-14-8-4-9-15-21/h3-17H,1-2H3.